The first-order valence-corrected chi connectivity index (χ1v) is 4.98. The van der Waals surface area contributed by atoms with E-state index in [2.05, 4.69) is 10.3 Å². The highest BCUT2D eigenvalue weighted by atomic mass is 16.3. The summed E-state index contributed by atoms with van der Waals surface area (Å²) < 4.78 is 4.89. The van der Waals surface area contributed by atoms with Gasteiger partial charge < -0.3 is 9.73 Å². The van der Waals surface area contributed by atoms with Crippen molar-refractivity contribution in [2.24, 2.45) is 0 Å². The molecule has 0 spiro atoms. The second-order valence-corrected chi connectivity index (χ2v) is 3.52. The van der Waals surface area contributed by atoms with E-state index in [1.54, 1.807) is 24.7 Å². The standard InChI is InChI=1S/C12H12N2O2/c1-9-3-2-4-11(13-9)14-12(15)7-10-5-6-16-8-10/h2-6,8H,7H2,1H3,(H,13,14,15). The maximum absolute atomic E-state index is 11.6. The molecule has 2 aromatic rings. The van der Waals surface area contributed by atoms with E-state index in [0.717, 1.165) is 11.3 Å². The maximum atomic E-state index is 11.6. The molecule has 0 radical (unpaired) electrons. The third kappa shape index (κ3) is 2.70. The average Bonchev–Trinajstić information content (AvgIpc) is 2.70. The quantitative estimate of drug-likeness (QED) is 0.855. The molecular formula is C12H12N2O2. The first-order chi connectivity index (χ1) is 7.74. The van der Waals surface area contributed by atoms with E-state index >= 15 is 0 Å². The predicted octanol–water partition coefficient (Wildman–Crippen LogP) is 2.16. The van der Waals surface area contributed by atoms with Gasteiger partial charge in [-0.3, -0.25) is 4.79 Å². The Bertz CT molecular complexity index is 478. The van der Waals surface area contributed by atoms with Gasteiger partial charge in [0.15, 0.2) is 0 Å². The Morgan fingerprint density at radius 1 is 1.44 bits per heavy atom. The Labute approximate surface area is 93.3 Å². The number of furan rings is 1. The number of carbonyl (C=O) groups is 1. The molecule has 1 N–H and O–H groups in total. The lowest BCUT2D eigenvalue weighted by Gasteiger charge is -2.03. The summed E-state index contributed by atoms with van der Waals surface area (Å²) in [6.07, 6.45) is 3.41. The summed E-state index contributed by atoms with van der Waals surface area (Å²) in [6, 6.07) is 7.27. The number of rotatable bonds is 3. The van der Waals surface area contributed by atoms with Gasteiger partial charge >= 0.3 is 0 Å². The number of amides is 1. The molecule has 2 heterocycles. The molecule has 0 aliphatic rings. The molecule has 0 saturated carbocycles. The van der Waals surface area contributed by atoms with Crippen molar-refractivity contribution in [3.05, 3.63) is 48.0 Å². The number of aryl methyl sites for hydroxylation is 1. The zero-order valence-electron chi connectivity index (χ0n) is 8.93. The molecule has 4 heteroatoms. The van der Waals surface area contributed by atoms with E-state index < -0.39 is 0 Å². The van der Waals surface area contributed by atoms with Crippen LogP contribution in [0.1, 0.15) is 11.3 Å². The molecule has 2 aromatic heterocycles. The normalized spacial score (nSPS) is 10.1. The van der Waals surface area contributed by atoms with Gasteiger partial charge in [0.2, 0.25) is 5.91 Å². The number of hydrogen-bond acceptors (Lipinski definition) is 3. The first-order valence-electron chi connectivity index (χ1n) is 4.98. The van der Waals surface area contributed by atoms with Crippen LogP contribution in [0.25, 0.3) is 0 Å². The van der Waals surface area contributed by atoms with E-state index in [0.29, 0.717) is 12.2 Å². The van der Waals surface area contributed by atoms with Gasteiger partial charge in [0.1, 0.15) is 5.82 Å². The summed E-state index contributed by atoms with van der Waals surface area (Å²) >= 11 is 0. The minimum absolute atomic E-state index is 0.0977. The highest BCUT2D eigenvalue weighted by Crippen LogP contribution is 2.06. The SMILES string of the molecule is Cc1cccc(NC(=O)Cc2ccoc2)n1. The molecule has 4 nitrogen and oxygen atoms in total. The van der Waals surface area contributed by atoms with Crippen molar-refractivity contribution >= 4 is 11.7 Å². The van der Waals surface area contributed by atoms with Gasteiger partial charge in [-0.1, -0.05) is 6.07 Å². The van der Waals surface area contributed by atoms with Crippen LogP contribution in [0.4, 0.5) is 5.82 Å². The molecule has 0 aliphatic heterocycles. The smallest absolute Gasteiger partial charge is 0.230 e. The fourth-order valence-corrected chi connectivity index (χ4v) is 1.38. The molecule has 0 unspecified atom stereocenters. The van der Waals surface area contributed by atoms with E-state index in [-0.39, 0.29) is 5.91 Å². The van der Waals surface area contributed by atoms with Crippen LogP contribution in [0.15, 0.2) is 41.2 Å². The Morgan fingerprint density at radius 2 is 2.31 bits per heavy atom. The highest BCUT2D eigenvalue weighted by molar-refractivity contribution is 5.91. The summed E-state index contributed by atoms with van der Waals surface area (Å²) in [5, 5.41) is 2.73. The summed E-state index contributed by atoms with van der Waals surface area (Å²) in [6.45, 7) is 1.88. The van der Waals surface area contributed by atoms with E-state index in [1.165, 1.54) is 0 Å². The van der Waals surface area contributed by atoms with Crippen molar-refractivity contribution in [3.8, 4) is 0 Å². The number of hydrogen-bond donors (Lipinski definition) is 1. The van der Waals surface area contributed by atoms with Crippen molar-refractivity contribution in [2.45, 2.75) is 13.3 Å². The van der Waals surface area contributed by atoms with Crippen LogP contribution >= 0.6 is 0 Å². The van der Waals surface area contributed by atoms with Crippen molar-refractivity contribution < 1.29 is 9.21 Å². The van der Waals surface area contributed by atoms with Crippen LogP contribution in [-0.2, 0) is 11.2 Å². The first kappa shape index (κ1) is 10.4. The molecule has 0 fully saturated rings. The second kappa shape index (κ2) is 4.61. The third-order valence-corrected chi connectivity index (χ3v) is 2.10. The molecule has 2 rings (SSSR count). The minimum atomic E-state index is -0.0977. The number of aromatic nitrogens is 1. The van der Waals surface area contributed by atoms with Crippen molar-refractivity contribution in [1.29, 1.82) is 0 Å². The van der Waals surface area contributed by atoms with Crippen molar-refractivity contribution in [2.75, 3.05) is 5.32 Å². The largest absolute Gasteiger partial charge is 0.472 e. The Kier molecular flexibility index (Phi) is 3.00. The van der Waals surface area contributed by atoms with Crippen LogP contribution in [0.5, 0.6) is 0 Å². The number of anilines is 1. The maximum Gasteiger partial charge on any atom is 0.230 e. The molecule has 0 aliphatic carbocycles. The minimum Gasteiger partial charge on any atom is -0.472 e. The number of carbonyl (C=O) groups excluding carboxylic acids is 1. The zero-order valence-corrected chi connectivity index (χ0v) is 8.93. The van der Waals surface area contributed by atoms with Gasteiger partial charge in [-0.25, -0.2) is 4.98 Å². The summed E-state index contributed by atoms with van der Waals surface area (Å²) in [5.74, 6) is 0.480. The Balaban J connectivity index is 1.97. The van der Waals surface area contributed by atoms with Gasteiger partial charge in [-0.2, -0.15) is 0 Å². The highest BCUT2D eigenvalue weighted by Gasteiger charge is 2.05. The molecule has 1 amide bonds. The monoisotopic (exact) mass is 216 g/mol. The Hall–Kier alpha value is -2.10. The fourth-order valence-electron chi connectivity index (χ4n) is 1.38. The third-order valence-electron chi connectivity index (χ3n) is 2.10. The van der Waals surface area contributed by atoms with Crippen LogP contribution in [-0.4, -0.2) is 10.9 Å². The van der Waals surface area contributed by atoms with E-state index in [4.69, 9.17) is 4.42 Å². The average molecular weight is 216 g/mol. The lowest BCUT2D eigenvalue weighted by molar-refractivity contribution is -0.115. The summed E-state index contributed by atoms with van der Waals surface area (Å²) in [4.78, 5) is 15.8. The molecule has 0 atom stereocenters. The molecule has 82 valence electrons. The lowest BCUT2D eigenvalue weighted by Crippen LogP contribution is -2.15. The molecule has 0 bridgehead atoms. The summed E-state index contributed by atoms with van der Waals surface area (Å²) in [7, 11) is 0. The van der Waals surface area contributed by atoms with Crippen LogP contribution in [0, 0.1) is 6.92 Å². The van der Waals surface area contributed by atoms with E-state index in [1.807, 2.05) is 19.1 Å². The molecule has 0 aromatic carbocycles. The zero-order chi connectivity index (χ0) is 11.4. The topological polar surface area (TPSA) is 55.1 Å². The Morgan fingerprint density at radius 3 is 3.00 bits per heavy atom. The van der Waals surface area contributed by atoms with Gasteiger partial charge in [0.05, 0.1) is 18.9 Å². The lowest BCUT2D eigenvalue weighted by atomic mass is 10.2. The summed E-state index contributed by atoms with van der Waals surface area (Å²) in [5.41, 5.74) is 1.73. The van der Waals surface area contributed by atoms with Crippen molar-refractivity contribution in [1.82, 2.24) is 4.98 Å². The fraction of sp³-hybridized carbons (Fsp3) is 0.167. The van der Waals surface area contributed by atoms with Gasteiger partial charge in [0.25, 0.3) is 0 Å². The number of nitrogens with zero attached hydrogens (tertiary/aromatic N) is 1. The second-order valence-electron chi connectivity index (χ2n) is 3.52. The van der Waals surface area contributed by atoms with Crippen molar-refractivity contribution in [3.63, 3.8) is 0 Å². The van der Waals surface area contributed by atoms with E-state index in [9.17, 15) is 4.79 Å². The molecule has 16 heavy (non-hydrogen) atoms. The molecule has 0 saturated heterocycles. The van der Waals surface area contributed by atoms with Gasteiger partial charge in [-0.15, -0.1) is 0 Å². The van der Waals surface area contributed by atoms with Crippen LogP contribution in [0.2, 0.25) is 0 Å². The number of nitrogens with one attached hydrogen (secondary N) is 1. The van der Waals surface area contributed by atoms with Gasteiger partial charge in [-0.05, 0) is 30.7 Å². The van der Waals surface area contributed by atoms with Crippen LogP contribution < -0.4 is 5.32 Å². The van der Waals surface area contributed by atoms with Gasteiger partial charge in [0, 0.05) is 5.69 Å². The van der Waals surface area contributed by atoms with Crippen LogP contribution in [0.3, 0.4) is 0 Å². The number of pyridine rings is 1. The molecular weight excluding hydrogens is 204 g/mol. The predicted molar refractivity (Wildman–Crippen MR) is 60.0 cm³/mol.